The fraction of sp³-hybridized carbons (Fsp3) is 0.391. The molecule has 0 atom stereocenters. The highest BCUT2D eigenvalue weighted by Gasteiger charge is 2.27. The van der Waals surface area contributed by atoms with Gasteiger partial charge in [0.25, 0.3) is 5.91 Å². The maximum Gasteiger partial charge on any atom is 0.262 e. The average Bonchev–Trinajstić information content (AvgIpc) is 2.85. The van der Waals surface area contributed by atoms with Crippen molar-refractivity contribution in [2.45, 2.75) is 18.7 Å². The monoisotopic (exact) mass is 472 g/mol. The van der Waals surface area contributed by atoms with Crippen LogP contribution in [0, 0.1) is 11.3 Å². The molecule has 10 heteroatoms. The van der Waals surface area contributed by atoms with Crippen molar-refractivity contribution in [3.05, 3.63) is 48.0 Å². The summed E-state index contributed by atoms with van der Waals surface area (Å²) < 4.78 is 38.4. The number of nitrogens with zero attached hydrogens (tertiary/aromatic N) is 3. The largest absolute Gasteiger partial charge is 0.484 e. The van der Waals surface area contributed by atoms with Gasteiger partial charge in [-0.2, -0.15) is 9.57 Å². The fourth-order valence-electron chi connectivity index (χ4n) is 3.51. The Bertz CT molecular complexity index is 1100. The molecule has 9 nitrogen and oxygen atoms in total. The quantitative estimate of drug-likeness (QED) is 0.597. The van der Waals surface area contributed by atoms with E-state index >= 15 is 0 Å². The van der Waals surface area contributed by atoms with E-state index in [9.17, 15) is 13.2 Å². The Morgan fingerprint density at radius 3 is 2.42 bits per heavy atom. The first-order valence-electron chi connectivity index (χ1n) is 10.8. The molecule has 2 aromatic rings. The number of rotatable bonds is 9. The minimum absolute atomic E-state index is 0.114. The Kier molecular flexibility index (Phi) is 8.27. The number of ether oxygens (including phenoxy) is 2. The van der Waals surface area contributed by atoms with Crippen LogP contribution in [0.2, 0.25) is 0 Å². The van der Waals surface area contributed by atoms with Gasteiger partial charge in [0.05, 0.1) is 41.1 Å². The minimum Gasteiger partial charge on any atom is -0.484 e. The van der Waals surface area contributed by atoms with Gasteiger partial charge in [-0.15, -0.1) is 0 Å². The number of carbonyl (C=O) groups excluding carboxylic acids is 1. The Morgan fingerprint density at radius 2 is 1.82 bits per heavy atom. The molecule has 1 fully saturated rings. The lowest BCUT2D eigenvalue weighted by Gasteiger charge is -2.28. The second-order valence-corrected chi connectivity index (χ2v) is 9.28. The van der Waals surface area contributed by atoms with Crippen LogP contribution in [0.4, 0.5) is 11.4 Å². The topological polar surface area (TPSA) is 112 Å². The fourth-order valence-corrected chi connectivity index (χ4v) is 4.95. The predicted molar refractivity (Wildman–Crippen MR) is 125 cm³/mol. The molecule has 1 heterocycles. The Hall–Kier alpha value is -3.13. The third kappa shape index (κ3) is 6.01. The smallest absolute Gasteiger partial charge is 0.262 e. The van der Waals surface area contributed by atoms with Crippen LogP contribution in [0.3, 0.4) is 0 Å². The van der Waals surface area contributed by atoms with Gasteiger partial charge in [0.15, 0.2) is 6.61 Å². The van der Waals surface area contributed by atoms with Crippen molar-refractivity contribution in [2.24, 2.45) is 0 Å². The van der Waals surface area contributed by atoms with E-state index in [1.165, 1.54) is 10.4 Å². The molecule has 1 saturated heterocycles. The number of carbonyl (C=O) groups is 1. The zero-order valence-electron chi connectivity index (χ0n) is 18.8. The van der Waals surface area contributed by atoms with Crippen LogP contribution in [0.25, 0.3) is 0 Å². The highest BCUT2D eigenvalue weighted by atomic mass is 32.2. The number of amides is 1. The van der Waals surface area contributed by atoms with Crippen molar-refractivity contribution >= 4 is 27.3 Å². The molecule has 1 amide bonds. The van der Waals surface area contributed by atoms with Gasteiger partial charge < -0.3 is 19.7 Å². The summed E-state index contributed by atoms with van der Waals surface area (Å²) in [4.78, 5) is 14.8. The van der Waals surface area contributed by atoms with Crippen molar-refractivity contribution < 1.29 is 22.7 Å². The molecule has 0 spiro atoms. The molecule has 33 heavy (non-hydrogen) atoms. The van der Waals surface area contributed by atoms with E-state index in [0.717, 1.165) is 5.69 Å². The number of anilines is 2. The van der Waals surface area contributed by atoms with Crippen molar-refractivity contribution in [3.8, 4) is 11.8 Å². The molecule has 1 aliphatic rings. The van der Waals surface area contributed by atoms with Crippen LogP contribution in [0.15, 0.2) is 47.4 Å². The lowest BCUT2D eigenvalue weighted by molar-refractivity contribution is -0.118. The van der Waals surface area contributed by atoms with Crippen molar-refractivity contribution in [1.82, 2.24) is 4.31 Å². The average molecular weight is 473 g/mol. The lowest BCUT2D eigenvalue weighted by atomic mass is 10.2. The summed E-state index contributed by atoms with van der Waals surface area (Å²) >= 11 is 0. The van der Waals surface area contributed by atoms with Crippen LogP contribution in [-0.2, 0) is 19.6 Å². The summed E-state index contributed by atoms with van der Waals surface area (Å²) in [6, 6.07) is 13.2. The first-order valence-corrected chi connectivity index (χ1v) is 12.2. The van der Waals surface area contributed by atoms with Gasteiger partial charge >= 0.3 is 0 Å². The predicted octanol–water partition coefficient (Wildman–Crippen LogP) is 2.44. The molecule has 0 radical (unpaired) electrons. The number of nitriles is 1. The standard InChI is InChI=1S/C23H28N4O5S/c1-3-26(4-2)22-10-9-20(33(29,30)27-11-13-31-14-12-27)15-21(22)25-23(28)17-32-19-7-5-18(16-24)6-8-19/h5-10,15H,3-4,11-14,17H2,1-2H3,(H,25,28). The van der Waals surface area contributed by atoms with Crippen molar-refractivity contribution in [1.29, 1.82) is 5.26 Å². The second-order valence-electron chi connectivity index (χ2n) is 7.34. The van der Waals surface area contributed by atoms with Gasteiger partial charge in [0.1, 0.15) is 5.75 Å². The zero-order valence-corrected chi connectivity index (χ0v) is 19.6. The molecule has 176 valence electrons. The summed E-state index contributed by atoms with van der Waals surface area (Å²) in [5.74, 6) is 0.0328. The van der Waals surface area contributed by atoms with Gasteiger partial charge in [-0.1, -0.05) is 0 Å². The third-order valence-electron chi connectivity index (χ3n) is 5.31. The van der Waals surface area contributed by atoms with Crippen LogP contribution >= 0.6 is 0 Å². The molecule has 1 aliphatic heterocycles. The Morgan fingerprint density at radius 1 is 1.15 bits per heavy atom. The summed E-state index contributed by atoms with van der Waals surface area (Å²) in [6.45, 7) is 6.39. The maximum absolute atomic E-state index is 13.1. The van der Waals surface area contributed by atoms with Gasteiger partial charge in [-0.3, -0.25) is 4.79 Å². The number of nitrogens with one attached hydrogen (secondary N) is 1. The normalized spacial score (nSPS) is 14.3. The van der Waals surface area contributed by atoms with Crippen LogP contribution in [0.1, 0.15) is 19.4 Å². The number of benzene rings is 2. The molecule has 0 aliphatic carbocycles. The zero-order chi connectivity index (χ0) is 23.8. The van der Waals surface area contributed by atoms with Gasteiger partial charge in [-0.25, -0.2) is 8.42 Å². The number of sulfonamides is 1. The Balaban J connectivity index is 1.81. The third-order valence-corrected chi connectivity index (χ3v) is 7.20. The molecule has 3 rings (SSSR count). The van der Waals surface area contributed by atoms with E-state index in [-0.39, 0.29) is 11.5 Å². The van der Waals surface area contributed by atoms with Crippen LogP contribution in [0.5, 0.6) is 5.75 Å². The highest BCUT2D eigenvalue weighted by Crippen LogP contribution is 2.30. The molecular formula is C23H28N4O5S. The summed E-state index contributed by atoms with van der Waals surface area (Å²) in [5.41, 5.74) is 1.63. The summed E-state index contributed by atoms with van der Waals surface area (Å²) in [6.07, 6.45) is 0. The SMILES string of the molecule is CCN(CC)c1ccc(S(=O)(=O)N2CCOCC2)cc1NC(=O)COc1ccc(C#N)cc1. The number of hydrogen-bond acceptors (Lipinski definition) is 7. The maximum atomic E-state index is 13.1. The van der Waals surface area contributed by atoms with E-state index in [1.807, 2.05) is 24.8 Å². The highest BCUT2D eigenvalue weighted by molar-refractivity contribution is 7.89. The molecule has 0 unspecified atom stereocenters. The Labute approximate surface area is 194 Å². The second kappa shape index (κ2) is 11.1. The van der Waals surface area contributed by atoms with Crippen LogP contribution < -0.4 is 15.0 Å². The number of hydrogen-bond donors (Lipinski definition) is 1. The van der Waals surface area contributed by atoms with E-state index in [1.54, 1.807) is 36.4 Å². The van der Waals surface area contributed by atoms with E-state index in [2.05, 4.69) is 5.32 Å². The van der Waals surface area contributed by atoms with E-state index < -0.39 is 15.9 Å². The van der Waals surface area contributed by atoms with E-state index in [0.29, 0.717) is 56.4 Å². The van der Waals surface area contributed by atoms with Crippen molar-refractivity contribution in [2.75, 3.05) is 56.2 Å². The van der Waals surface area contributed by atoms with E-state index in [4.69, 9.17) is 14.7 Å². The van der Waals surface area contributed by atoms with Crippen molar-refractivity contribution in [3.63, 3.8) is 0 Å². The summed E-state index contributed by atoms with van der Waals surface area (Å²) in [7, 11) is -3.71. The van der Waals surface area contributed by atoms with Gasteiger partial charge in [0, 0.05) is 26.2 Å². The van der Waals surface area contributed by atoms with Crippen LogP contribution in [-0.4, -0.2) is 64.6 Å². The first kappa shape index (κ1) is 24.5. The van der Waals surface area contributed by atoms with Gasteiger partial charge in [0.2, 0.25) is 10.0 Å². The molecular weight excluding hydrogens is 444 g/mol. The van der Waals surface area contributed by atoms with Gasteiger partial charge in [-0.05, 0) is 56.3 Å². The minimum atomic E-state index is -3.71. The number of morpholine rings is 1. The molecule has 0 saturated carbocycles. The lowest BCUT2D eigenvalue weighted by Crippen LogP contribution is -2.40. The molecule has 2 aromatic carbocycles. The summed E-state index contributed by atoms with van der Waals surface area (Å²) in [5, 5.41) is 11.7. The first-order chi connectivity index (χ1) is 15.9. The molecule has 0 aromatic heterocycles. The molecule has 1 N–H and O–H groups in total. The molecule has 0 bridgehead atoms.